The number of thiazole rings is 1. The van der Waals surface area contributed by atoms with Gasteiger partial charge < -0.3 is 5.11 Å². The number of aliphatic hydroxyl groups excluding tert-OH is 1. The second-order valence-electron chi connectivity index (χ2n) is 2.24. The second kappa shape index (κ2) is 3.51. The van der Waals surface area contributed by atoms with Gasteiger partial charge in [-0.1, -0.05) is 5.92 Å². The first-order valence-electron chi connectivity index (χ1n) is 3.30. The SMILES string of the molecule is Cc1csc(C#C[C@@H](C)O)n1. The van der Waals surface area contributed by atoms with Crippen molar-refractivity contribution in [1.82, 2.24) is 4.98 Å². The Morgan fingerprint density at radius 1 is 1.73 bits per heavy atom. The van der Waals surface area contributed by atoms with Crippen molar-refractivity contribution in [3.8, 4) is 11.8 Å². The van der Waals surface area contributed by atoms with Crippen molar-refractivity contribution in [2.45, 2.75) is 20.0 Å². The van der Waals surface area contributed by atoms with E-state index < -0.39 is 6.10 Å². The average Bonchev–Trinajstić information content (AvgIpc) is 2.31. The molecule has 0 bridgehead atoms. The maximum atomic E-state index is 8.82. The van der Waals surface area contributed by atoms with Gasteiger partial charge in [0, 0.05) is 11.1 Å². The molecule has 0 saturated carbocycles. The van der Waals surface area contributed by atoms with Gasteiger partial charge in [0.25, 0.3) is 0 Å². The molecule has 0 amide bonds. The minimum absolute atomic E-state index is 0.570. The van der Waals surface area contributed by atoms with Crippen LogP contribution in [-0.4, -0.2) is 16.2 Å². The maximum absolute atomic E-state index is 8.82. The van der Waals surface area contributed by atoms with Gasteiger partial charge in [-0.25, -0.2) is 4.98 Å². The third-order valence-electron chi connectivity index (χ3n) is 1.01. The lowest BCUT2D eigenvalue weighted by molar-refractivity contribution is 0.253. The van der Waals surface area contributed by atoms with Gasteiger partial charge in [0.15, 0.2) is 5.01 Å². The Balaban J connectivity index is 2.74. The normalized spacial score (nSPS) is 11.9. The van der Waals surface area contributed by atoms with Crippen molar-refractivity contribution in [3.05, 3.63) is 16.1 Å². The van der Waals surface area contributed by atoms with E-state index >= 15 is 0 Å². The zero-order valence-electron chi connectivity index (χ0n) is 6.46. The van der Waals surface area contributed by atoms with E-state index in [9.17, 15) is 0 Å². The number of hydrogen-bond donors (Lipinski definition) is 1. The molecule has 58 valence electrons. The lowest BCUT2D eigenvalue weighted by Gasteiger charge is -1.84. The summed E-state index contributed by atoms with van der Waals surface area (Å²) >= 11 is 1.50. The van der Waals surface area contributed by atoms with Crippen LogP contribution in [0.5, 0.6) is 0 Å². The van der Waals surface area contributed by atoms with Gasteiger partial charge in [0.05, 0.1) is 0 Å². The first-order chi connectivity index (χ1) is 5.18. The Hall–Kier alpha value is -0.850. The van der Waals surface area contributed by atoms with Crippen LogP contribution in [0, 0.1) is 18.8 Å². The lowest BCUT2D eigenvalue weighted by Crippen LogP contribution is -1.92. The molecule has 1 N–H and O–H groups in total. The van der Waals surface area contributed by atoms with Gasteiger partial charge in [-0.3, -0.25) is 0 Å². The van der Waals surface area contributed by atoms with Crippen molar-refractivity contribution < 1.29 is 5.11 Å². The van der Waals surface area contributed by atoms with Gasteiger partial charge in [-0.2, -0.15) is 0 Å². The Bertz CT molecular complexity index is 293. The molecule has 0 aliphatic carbocycles. The molecule has 0 unspecified atom stereocenters. The van der Waals surface area contributed by atoms with E-state index in [1.807, 2.05) is 12.3 Å². The molecule has 11 heavy (non-hydrogen) atoms. The Morgan fingerprint density at radius 2 is 2.45 bits per heavy atom. The quantitative estimate of drug-likeness (QED) is 0.589. The molecule has 0 fully saturated rings. The maximum Gasteiger partial charge on any atom is 0.167 e. The van der Waals surface area contributed by atoms with Crippen LogP contribution in [0.25, 0.3) is 0 Å². The summed E-state index contributed by atoms with van der Waals surface area (Å²) < 4.78 is 0. The minimum atomic E-state index is -0.570. The molecular weight excluding hydrogens is 158 g/mol. The molecule has 1 aromatic rings. The lowest BCUT2D eigenvalue weighted by atomic mass is 10.4. The first kappa shape index (κ1) is 8.25. The fourth-order valence-electron chi connectivity index (χ4n) is 0.578. The van der Waals surface area contributed by atoms with Crippen LogP contribution in [0.15, 0.2) is 5.38 Å². The van der Waals surface area contributed by atoms with Crippen molar-refractivity contribution in [3.63, 3.8) is 0 Å². The second-order valence-corrected chi connectivity index (χ2v) is 3.10. The van der Waals surface area contributed by atoms with E-state index in [4.69, 9.17) is 5.11 Å². The third-order valence-corrected chi connectivity index (χ3v) is 1.88. The largest absolute Gasteiger partial charge is 0.381 e. The zero-order valence-corrected chi connectivity index (χ0v) is 7.27. The topological polar surface area (TPSA) is 33.1 Å². The molecule has 0 saturated heterocycles. The molecular formula is C8H9NOS. The zero-order chi connectivity index (χ0) is 8.27. The Kier molecular flexibility index (Phi) is 2.64. The summed E-state index contributed by atoms with van der Waals surface area (Å²) in [6.45, 7) is 3.55. The van der Waals surface area contributed by atoms with Gasteiger partial charge in [-0.15, -0.1) is 11.3 Å². The number of aliphatic hydroxyl groups is 1. The van der Waals surface area contributed by atoms with E-state index in [-0.39, 0.29) is 0 Å². The summed E-state index contributed by atoms with van der Waals surface area (Å²) in [5.74, 6) is 5.40. The molecule has 0 aliphatic heterocycles. The highest BCUT2D eigenvalue weighted by atomic mass is 32.1. The molecule has 2 nitrogen and oxygen atoms in total. The highest BCUT2D eigenvalue weighted by molar-refractivity contribution is 7.10. The Morgan fingerprint density at radius 3 is 2.91 bits per heavy atom. The van der Waals surface area contributed by atoms with Crippen molar-refractivity contribution in [1.29, 1.82) is 0 Å². The standard InChI is InChI=1S/C8H9NOS/c1-6-5-11-8(9-6)4-3-7(2)10/h5,7,10H,1-2H3/t7-/m1/s1. The molecule has 0 radical (unpaired) electrons. The molecule has 0 spiro atoms. The highest BCUT2D eigenvalue weighted by Gasteiger charge is 1.92. The first-order valence-corrected chi connectivity index (χ1v) is 4.18. The van der Waals surface area contributed by atoms with E-state index in [1.54, 1.807) is 6.92 Å². The van der Waals surface area contributed by atoms with Crippen LogP contribution >= 0.6 is 11.3 Å². The summed E-state index contributed by atoms with van der Waals surface area (Å²) in [7, 11) is 0. The van der Waals surface area contributed by atoms with Crippen molar-refractivity contribution in [2.75, 3.05) is 0 Å². The van der Waals surface area contributed by atoms with Crippen molar-refractivity contribution in [2.24, 2.45) is 0 Å². The number of aromatic nitrogens is 1. The number of nitrogens with zero attached hydrogens (tertiary/aromatic N) is 1. The average molecular weight is 167 g/mol. The van der Waals surface area contributed by atoms with Gasteiger partial charge >= 0.3 is 0 Å². The fraction of sp³-hybridized carbons (Fsp3) is 0.375. The minimum Gasteiger partial charge on any atom is -0.381 e. The third kappa shape index (κ3) is 2.71. The predicted molar refractivity (Wildman–Crippen MR) is 45.4 cm³/mol. The van der Waals surface area contributed by atoms with E-state index in [0.29, 0.717) is 0 Å². The van der Waals surface area contributed by atoms with Gasteiger partial charge in [0.1, 0.15) is 6.10 Å². The monoisotopic (exact) mass is 167 g/mol. The molecule has 1 rings (SSSR count). The van der Waals surface area contributed by atoms with Crippen LogP contribution in [-0.2, 0) is 0 Å². The Labute approximate surface area is 69.9 Å². The smallest absolute Gasteiger partial charge is 0.167 e. The van der Waals surface area contributed by atoms with Crippen LogP contribution < -0.4 is 0 Å². The van der Waals surface area contributed by atoms with E-state index in [0.717, 1.165) is 10.7 Å². The van der Waals surface area contributed by atoms with Crippen LogP contribution in [0.3, 0.4) is 0 Å². The predicted octanol–water partition coefficient (Wildman–Crippen LogP) is 1.18. The van der Waals surface area contributed by atoms with Crippen LogP contribution in [0.2, 0.25) is 0 Å². The summed E-state index contributed by atoms with van der Waals surface area (Å²) in [5, 5.41) is 11.5. The molecule has 1 aromatic heterocycles. The van der Waals surface area contributed by atoms with Gasteiger partial charge in [-0.05, 0) is 19.8 Å². The molecule has 1 heterocycles. The molecule has 0 aliphatic rings. The van der Waals surface area contributed by atoms with Crippen LogP contribution in [0.4, 0.5) is 0 Å². The van der Waals surface area contributed by atoms with Crippen LogP contribution in [0.1, 0.15) is 17.6 Å². The molecule has 0 aromatic carbocycles. The highest BCUT2D eigenvalue weighted by Crippen LogP contribution is 2.06. The van der Waals surface area contributed by atoms with Gasteiger partial charge in [0.2, 0.25) is 0 Å². The number of aryl methyl sites for hydroxylation is 1. The summed E-state index contributed by atoms with van der Waals surface area (Å²) in [5.41, 5.74) is 0.977. The van der Waals surface area contributed by atoms with E-state index in [2.05, 4.69) is 16.8 Å². The number of hydrogen-bond acceptors (Lipinski definition) is 3. The molecule has 3 heteroatoms. The molecule has 1 atom stereocenters. The summed E-state index contributed by atoms with van der Waals surface area (Å²) in [4.78, 5) is 4.12. The summed E-state index contributed by atoms with van der Waals surface area (Å²) in [6, 6.07) is 0. The number of rotatable bonds is 0. The fourth-order valence-corrected chi connectivity index (χ4v) is 1.23. The summed E-state index contributed by atoms with van der Waals surface area (Å²) in [6.07, 6.45) is -0.570. The van der Waals surface area contributed by atoms with E-state index in [1.165, 1.54) is 11.3 Å². The van der Waals surface area contributed by atoms with Crippen molar-refractivity contribution >= 4 is 11.3 Å².